The molecular formula is C25H34N2O3. The van der Waals surface area contributed by atoms with Crippen LogP contribution in [0, 0.1) is 6.92 Å². The normalized spacial score (nSPS) is 10.7. The fourth-order valence-corrected chi connectivity index (χ4v) is 2.99. The van der Waals surface area contributed by atoms with Crippen LogP contribution in [0.5, 0.6) is 11.5 Å². The molecule has 1 amide bonds. The predicted molar refractivity (Wildman–Crippen MR) is 124 cm³/mol. The van der Waals surface area contributed by atoms with E-state index in [4.69, 9.17) is 9.47 Å². The van der Waals surface area contributed by atoms with Crippen molar-refractivity contribution in [3.05, 3.63) is 66.7 Å². The van der Waals surface area contributed by atoms with Crippen molar-refractivity contribution in [2.24, 2.45) is 0 Å². The monoisotopic (exact) mass is 410 g/mol. The second-order valence-electron chi connectivity index (χ2n) is 7.55. The Kier molecular flexibility index (Phi) is 9.95. The average Bonchev–Trinajstić information content (AvgIpc) is 2.74. The van der Waals surface area contributed by atoms with Gasteiger partial charge in [-0.2, -0.15) is 0 Å². The molecule has 0 saturated heterocycles. The third kappa shape index (κ3) is 8.29. The van der Waals surface area contributed by atoms with E-state index >= 15 is 0 Å². The van der Waals surface area contributed by atoms with Crippen LogP contribution >= 0.6 is 0 Å². The van der Waals surface area contributed by atoms with E-state index in [2.05, 4.69) is 18.5 Å². The summed E-state index contributed by atoms with van der Waals surface area (Å²) in [6, 6.07) is 14.9. The maximum Gasteiger partial charge on any atom is 0.419 e. The smallest absolute Gasteiger partial charge is 0.419 e. The van der Waals surface area contributed by atoms with Gasteiger partial charge in [-0.15, -0.1) is 6.58 Å². The van der Waals surface area contributed by atoms with Gasteiger partial charge in [0.1, 0.15) is 11.5 Å². The number of rotatable bonds is 12. The molecule has 0 atom stereocenters. The molecule has 162 valence electrons. The van der Waals surface area contributed by atoms with E-state index in [0.717, 1.165) is 42.9 Å². The maximum absolute atomic E-state index is 12.3. The molecule has 0 aliphatic heterocycles. The quantitative estimate of drug-likeness (QED) is 0.333. The van der Waals surface area contributed by atoms with Crippen LogP contribution in [0.15, 0.2) is 61.2 Å². The van der Waals surface area contributed by atoms with Crippen molar-refractivity contribution in [1.29, 1.82) is 0 Å². The number of carbonyl (C=O) groups excluding carboxylic acids is 1. The molecule has 5 heteroatoms. The van der Waals surface area contributed by atoms with Crippen LogP contribution in [0.25, 0.3) is 0 Å². The molecule has 0 aliphatic rings. The van der Waals surface area contributed by atoms with Crippen molar-refractivity contribution in [2.45, 2.75) is 32.6 Å². The van der Waals surface area contributed by atoms with Gasteiger partial charge in [-0.3, -0.25) is 4.90 Å². The summed E-state index contributed by atoms with van der Waals surface area (Å²) in [5, 5.41) is 0. The lowest BCUT2D eigenvalue weighted by Gasteiger charge is -2.17. The fraction of sp³-hybridized carbons (Fsp3) is 0.400. The summed E-state index contributed by atoms with van der Waals surface area (Å²) in [4.78, 5) is 16.1. The molecule has 0 spiro atoms. The number of anilines is 1. The van der Waals surface area contributed by atoms with Gasteiger partial charge in [-0.05, 0) is 69.8 Å². The molecule has 30 heavy (non-hydrogen) atoms. The Balaban J connectivity index is 1.68. The van der Waals surface area contributed by atoms with Crippen LogP contribution in [-0.2, 0) is 0 Å². The third-order valence-electron chi connectivity index (χ3n) is 4.87. The van der Waals surface area contributed by atoms with Gasteiger partial charge in [-0.25, -0.2) is 4.79 Å². The number of amides is 1. The first-order chi connectivity index (χ1) is 14.5. The van der Waals surface area contributed by atoms with Crippen LogP contribution < -0.4 is 14.4 Å². The van der Waals surface area contributed by atoms with Crippen molar-refractivity contribution < 1.29 is 14.3 Å². The van der Waals surface area contributed by atoms with Crippen LogP contribution in [0.4, 0.5) is 10.5 Å². The largest absolute Gasteiger partial charge is 0.494 e. The average molecular weight is 411 g/mol. The molecule has 0 unspecified atom stereocenters. The number of hydrogen-bond donors (Lipinski definition) is 0. The van der Waals surface area contributed by atoms with Gasteiger partial charge < -0.3 is 14.4 Å². The Morgan fingerprint density at radius 3 is 2.23 bits per heavy atom. The van der Waals surface area contributed by atoms with Crippen molar-refractivity contribution in [3.8, 4) is 11.5 Å². The standard InChI is InChI=1S/C25H34N2O3/c1-5-18-26(3)19-8-6-7-9-20-29-23-16-12-22(13-17-23)27(4)25(28)30-24-14-10-21(2)11-15-24/h5,10-17H,1,6-9,18-20H2,2-4H3. The number of likely N-dealkylation sites (N-methyl/N-ethyl adjacent to an activating group) is 1. The zero-order valence-electron chi connectivity index (χ0n) is 18.5. The molecule has 0 fully saturated rings. The van der Waals surface area contributed by atoms with Gasteiger partial charge in [0.15, 0.2) is 0 Å². The van der Waals surface area contributed by atoms with Gasteiger partial charge >= 0.3 is 6.09 Å². The van der Waals surface area contributed by atoms with Gasteiger partial charge in [0.05, 0.1) is 6.61 Å². The van der Waals surface area contributed by atoms with E-state index < -0.39 is 6.09 Å². The minimum absolute atomic E-state index is 0.425. The van der Waals surface area contributed by atoms with Crippen molar-refractivity contribution >= 4 is 11.8 Å². The number of hydrogen-bond acceptors (Lipinski definition) is 4. The first-order valence-corrected chi connectivity index (χ1v) is 10.5. The van der Waals surface area contributed by atoms with E-state index in [9.17, 15) is 4.79 Å². The summed E-state index contributed by atoms with van der Waals surface area (Å²) in [7, 11) is 3.81. The van der Waals surface area contributed by atoms with E-state index in [1.54, 1.807) is 19.2 Å². The van der Waals surface area contributed by atoms with Gasteiger partial charge in [0, 0.05) is 19.3 Å². The molecule has 2 aromatic carbocycles. The highest BCUT2D eigenvalue weighted by atomic mass is 16.6. The Labute approximate surface area is 180 Å². The molecule has 0 aliphatic carbocycles. The predicted octanol–water partition coefficient (Wildman–Crippen LogP) is 5.69. The molecule has 0 saturated carbocycles. The zero-order chi connectivity index (χ0) is 21.8. The molecule has 5 nitrogen and oxygen atoms in total. The number of benzene rings is 2. The van der Waals surface area contributed by atoms with E-state index in [1.165, 1.54) is 17.7 Å². The summed E-state index contributed by atoms with van der Waals surface area (Å²) in [5.74, 6) is 1.34. The Bertz CT molecular complexity index is 772. The number of carbonyl (C=O) groups is 1. The van der Waals surface area contributed by atoms with Crippen molar-refractivity contribution in [3.63, 3.8) is 0 Å². The second kappa shape index (κ2) is 12.7. The highest BCUT2D eigenvalue weighted by molar-refractivity contribution is 5.88. The highest BCUT2D eigenvalue weighted by Crippen LogP contribution is 2.20. The second-order valence-corrected chi connectivity index (χ2v) is 7.55. The van der Waals surface area contributed by atoms with Gasteiger partial charge in [-0.1, -0.05) is 36.6 Å². The number of aryl methyl sites for hydroxylation is 1. The van der Waals surface area contributed by atoms with Crippen LogP contribution in [0.1, 0.15) is 31.2 Å². The molecule has 2 rings (SSSR count). The lowest BCUT2D eigenvalue weighted by atomic mass is 10.2. The molecule has 0 radical (unpaired) electrons. The summed E-state index contributed by atoms with van der Waals surface area (Å²) >= 11 is 0. The molecule has 0 heterocycles. The third-order valence-corrected chi connectivity index (χ3v) is 4.87. The minimum atomic E-state index is -0.425. The maximum atomic E-state index is 12.3. The summed E-state index contributed by atoms with van der Waals surface area (Å²) in [6.07, 6.45) is 6.11. The first kappa shape index (κ1) is 23.5. The van der Waals surface area contributed by atoms with Crippen LogP contribution in [0.3, 0.4) is 0 Å². The van der Waals surface area contributed by atoms with Gasteiger partial charge in [0.2, 0.25) is 0 Å². The number of unbranched alkanes of at least 4 members (excludes halogenated alkanes) is 3. The summed E-state index contributed by atoms with van der Waals surface area (Å²) in [5.41, 5.74) is 1.87. The van der Waals surface area contributed by atoms with Crippen LogP contribution in [-0.4, -0.2) is 44.8 Å². The SMILES string of the molecule is C=CCN(C)CCCCCCOc1ccc(N(C)C(=O)Oc2ccc(C)cc2)cc1. The van der Waals surface area contributed by atoms with Crippen LogP contribution in [0.2, 0.25) is 0 Å². The van der Waals surface area contributed by atoms with Gasteiger partial charge in [0.25, 0.3) is 0 Å². The Morgan fingerprint density at radius 2 is 1.57 bits per heavy atom. The summed E-state index contributed by atoms with van der Waals surface area (Å²) < 4.78 is 11.2. The van der Waals surface area contributed by atoms with E-state index in [0.29, 0.717) is 12.4 Å². The van der Waals surface area contributed by atoms with Crippen molar-refractivity contribution in [2.75, 3.05) is 38.7 Å². The topological polar surface area (TPSA) is 42.0 Å². The molecule has 0 N–H and O–H groups in total. The van der Waals surface area contributed by atoms with E-state index in [-0.39, 0.29) is 0 Å². The Hall–Kier alpha value is -2.79. The number of ether oxygens (including phenoxy) is 2. The van der Waals surface area contributed by atoms with E-state index in [1.807, 2.05) is 49.4 Å². The van der Waals surface area contributed by atoms with Crippen molar-refractivity contribution in [1.82, 2.24) is 4.90 Å². The molecule has 0 aromatic heterocycles. The minimum Gasteiger partial charge on any atom is -0.494 e. The fourth-order valence-electron chi connectivity index (χ4n) is 2.99. The molecular weight excluding hydrogens is 376 g/mol. The summed E-state index contributed by atoms with van der Waals surface area (Å²) in [6.45, 7) is 8.50. The lowest BCUT2D eigenvalue weighted by molar-refractivity contribution is 0.209. The first-order valence-electron chi connectivity index (χ1n) is 10.5. The molecule has 0 bridgehead atoms. The Morgan fingerprint density at radius 1 is 0.933 bits per heavy atom. The highest BCUT2D eigenvalue weighted by Gasteiger charge is 2.13. The molecule has 2 aromatic rings. The lowest BCUT2D eigenvalue weighted by Crippen LogP contribution is -2.29. The zero-order valence-corrected chi connectivity index (χ0v) is 18.5. The number of nitrogens with zero attached hydrogens (tertiary/aromatic N) is 2.